The van der Waals surface area contributed by atoms with Gasteiger partial charge in [-0.2, -0.15) is 0 Å². The highest BCUT2D eigenvalue weighted by molar-refractivity contribution is 7.16. The average Bonchev–Trinajstić information content (AvgIpc) is 2.98. The van der Waals surface area contributed by atoms with E-state index < -0.39 is 23.8 Å². The molecule has 1 aromatic heterocycles. The van der Waals surface area contributed by atoms with Crippen LogP contribution in [-0.2, 0) is 20.7 Å². The summed E-state index contributed by atoms with van der Waals surface area (Å²) in [6.07, 6.45) is 5.05. The lowest BCUT2D eigenvalue weighted by molar-refractivity contribution is -0.146. The molecule has 7 heteroatoms. The summed E-state index contributed by atoms with van der Waals surface area (Å²) in [5, 5.41) is 12.5. The van der Waals surface area contributed by atoms with E-state index in [0.29, 0.717) is 23.4 Å². The van der Waals surface area contributed by atoms with Crippen molar-refractivity contribution in [2.45, 2.75) is 33.1 Å². The summed E-state index contributed by atoms with van der Waals surface area (Å²) in [5.41, 5.74) is 0.324. The van der Waals surface area contributed by atoms with Crippen molar-refractivity contribution in [3.63, 3.8) is 0 Å². The van der Waals surface area contributed by atoms with Gasteiger partial charge in [0.1, 0.15) is 5.00 Å². The monoisotopic (exact) mass is 351 g/mol. The van der Waals surface area contributed by atoms with Crippen LogP contribution in [0.5, 0.6) is 0 Å². The number of amides is 1. The number of esters is 1. The number of thiophene rings is 1. The fraction of sp³-hybridized carbons (Fsp3) is 0.471. The summed E-state index contributed by atoms with van der Waals surface area (Å²) in [4.78, 5) is 36.9. The molecule has 6 nitrogen and oxygen atoms in total. The summed E-state index contributed by atoms with van der Waals surface area (Å²) in [6, 6.07) is 1.72. The Bertz CT molecular complexity index is 664. The Labute approximate surface area is 144 Å². The Morgan fingerprint density at radius 3 is 2.50 bits per heavy atom. The third-order valence-corrected chi connectivity index (χ3v) is 5.14. The number of carboxylic acid groups (broad SMARTS) is 1. The molecule has 1 aliphatic rings. The minimum atomic E-state index is -0.981. The molecule has 0 fully saturated rings. The van der Waals surface area contributed by atoms with Crippen LogP contribution in [-0.4, -0.2) is 29.6 Å². The third kappa shape index (κ3) is 4.03. The van der Waals surface area contributed by atoms with Crippen molar-refractivity contribution in [2.75, 3.05) is 11.9 Å². The fourth-order valence-corrected chi connectivity index (χ4v) is 3.64. The summed E-state index contributed by atoms with van der Waals surface area (Å²) < 4.78 is 5.02. The van der Waals surface area contributed by atoms with Gasteiger partial charge in [0, 0.05) is 4.88 Å². The number of aryl methyl sites for hydroxylation is 1. The number of hydrogen-bond acceptors (Lipinski definition) is 5. The average molecular weight is 351 g/mol. The predicted octanol–water partition coefficient (Wildman–Crippen LogP) is 3.09. The minimum Gasteiger partial charge on any atom is -0.481 e. The summed E-state index contributed by atoms with van der Waals surface area (Å²) in [5.74, 6) is -3.23. The first-order valence-electron chi connectivity index (χ1n) is 7.96. The maximum absolute atomic E-state index is 12.6. The maximum Gasteiger partial charge on any atom is 0.341 e. The second-order valence-electron chi connectivity index (χ2n) is 5.51. The zero-order chi connectivity index (χ0) is 17.7. The molecule has 1 aliphatic carbocycles. The lowest BCUT2D eigenvalue weighted by atomic mass is 9.82. The minimum absolute atomic E-state index is 0.248. The molecule has 24 heavy (non-hydrogen) atoms. The molecule has 0 bridgehead atoms. The molecule has 1 heterocycles. The molecule has 2 atom stereocenters. The number of rotatable bonds is 6. The molecule has 1 amide bonds. The predicted molar refractivity (Wildman–Crippen MR) is 91.3 cm³/mol. The summed E-state index contributed by atoms with van der Waals surface area (Å²) in [7, 11) is 0. The van der Waals surface area contributed by atoms with Gasteiger partial charge in [-0.15, -0.1) is 11.3 Å². The standard InChI is InChI=1S/C17H21NO5S/c1-3-10-9-13(17(22)23-4-2)15(24-10)18-14(19)11-7-5-6-8-12(11)16(20)21/h5-6,9,11-12H,3-4,7-8H2,1-2H3,(H,18,19)(H,20,21)/t11-,12+/m0/s1. The molecule has 2 rings (SSSR count). The highest BCUT2D eigenvalue weighted by Gasteiger charge is 2.34. The van der Waals surface area contributed by atoms with Crippen molar-refractivity contribution < 1.29 is 24.2 Å². The van der Waals surface area contributed by atoms with Crippen LogP contribution in [0, 0.1) is 11.8 Å². The topological polar surface area (TPSA) is 92.7 Å². The van der Waals surface area contributed by atoms with Gasteiger partial charge < -0.3 is 15.2 Å². The molecule has 0 spiro atoms. The van der Waals surface area contributed by atoms with Crippen LogP contribution >= 0.6 is 11.3 Å². The first kappa shape index (κ1) is 18.2. The second-order valence-corrected chi connectivity index (χ2v) is 6.65. The number of nitrogens with one attached hydrogen (secondary N) is 1. The summed E-state index contributed by atoms with van der Waals surface area (Å²) in [6.45, 7) is 3.92. The molecule has 0 aliphatic heterocycles. The number of anilines is 1. The Balaban J connectivity index is 2.21. The lowest BCUT2D eigenvalue weighted by Gasteiger charge is -2.24. The zero-order valence-corrected chi connectivity index (χ0v) is 14.5. The molecule has 0 saturated carbocycles. The molecule has 0 unspecified atom stereocenters. The van der Waals surface area contributed by atoms with E-state index >= 15 is 0 Å². The zero-order valence-electron chi connectivity index (χ0n) is 13.7. The van der Waals surface area contributed by atoms with Crippen LogP contribution in [0.2, 0.25) is 0 Å². The van der Waals surface area contributed by atoms with E-state index in [1.54, 1.807) is 19.1 Å². The molecule has 0 saturated heterocycles. The van der Waals surface area contributed by atoms with Gasteiger partial charge in [0.15, 0.2) is 0 Å². The van der Waals surface area contributed by atoms with Crippen LogP contribution in [0.25, 0.3) is 0 Å². The Morgan fingerprint density at radius 2 is 1.92 bits per heavy atom. The Kier molecular flexibility index (Phi) is 6.14. The highest BCUT2D eigenvalue weighted by Crippen LogP contribution is 2.32. The van der Waals surface area contributed by atoms with Crippen molar-refractivity contribution in [3.05, 3.63) is 28.7 Å². The van der Waals surface area contributed by atoms with E-state index in [1.807, 2.05) is 13.0 Å². The molecule has 1 aromatic rings. The molecule has 0 aromatic carbocycles. The van der Waals surface area contributed by atoms with Gasteiger partial charge in [0.2, 0.25) is 5.91 Å². The van der Waals surface area contributed by atoms with Crippen molar-refractivity contribution in [1.29, 1.82) is 0 Å². The van der Waals surface area contributed by atoms with Gasteiger partial charge in [-0.25, -0.2) is 4.79 Å². The Hall–Kier alpha value is -2.15. The van der Waals surface area contributed by atoms with Crippen LogP contribution < -0.4 is 5.32 Å². The largest absolute Gasteiger partial charge is 0.481 e. The quantitative estimate of drug-likeness (QED) is 0.607. The number of carboxylic acids is 1. The first-order chi connectivity index (χ1) is 11.5. The first-order valence-corrected chi connectivity index (χ1v) is 8.78. The lowest BCUT2D eigenvalue weighted by Crippen LogP contribution is -2.34. The number of aliphatic carboxylic acids is 1. The fourth-order valence-electron chi connectivity index (χ4n) is 2.65. The molecular formula is C17H21NO5S. The molecule has 0 radical (unpaired) electrons. The van der Waals surface area contributed by atoms with Crippen molar-refractivity contribution in [1.82, 2.24) is 0 Å². The number of carbonyl (C=O) groups is 3. The van der Waals surface area contributed by atoms with Gasteiger partial charge in [0.05, 0.1) is 24.0 Å². The van der Waals surface area contributed by atoms with E-state index in [9.17, 15) is 19.5 Å². The van der Waals surface area contributed by atoms with E-state index in [0.717, 1.165) is 11.3 Å². The smallest absolute Gasteiger partial charge is 0.341 e. The van der Waals surface area contributed by atoms with E-state index in [1.165, 1.54) is 11.3 Å². The SMILES string of the molecule is CCOC(=O)c1cc(CC)sc1NC(=O)[C@H]1CC=CC[C@H]1C(=O)O. The van der Waals surface area contributed by atoms with Crippen LogP contribution in [0.4, 0.5) is 5.00 Å². The van der Waals surface area contributed by atoms with Gasteiger partial charge in [-0.3, -0.25) is 9.59 Å². The van der Waals surface area contributed by atoms with Crippen LogP contribution in [0.1, 0.15) is 41.9 Å². The number of ether oxygens (including phenoxy) is 1. The van der Waals surface area contributed by atoms with Gasteiger partial charge in [0.25, 0.3) is 0 Å². The molecular weight excluding hydrogens is 330 g/mol. The van der Waals surface area contributed by atoms with Crippen molar-refractivity contribution >= 4 is 34.2 Å². The van der Waals surface area contributed by atoms with E-state index in [2.05, 4.69) is 5.32 Å². The van der Waals surface area contributed by atoms with E-state index in [-0.39, 0.29) is 12.5 Å². The maximum atomic E-state index is 12.6. The Morgan fingerprint density at radius 1 is 1.25 bits per heavy atom. The number of allylic oxidation sites excluding steroid dienone is 2. The number of hydrogen-bond donors (Lipinski definition) is 2. The highest BCUT2D eigenvalue weighted by atomic mass is 32.1. The van der Waals surface area contributed by atoms with Gasteiger partial charge in [-0.1, -0.05) is 19.1 Å². The van der Waals surface area contributed by atoms with Crippen LogP contribution in [0.15, 0.2) is 18.2 Å². The third-order valence-electron chi connectivity index (χ3n) is 3.95. The normalized spacial score (nSPS) is 19.8. The molecule has 130 valence electrons. The van der Waals surface area contributed by atoms with Crippen molar-refractivity contribution in [2.24, 2.45) is 11.8 Å². The van der Waals surface area contributed by atoms with Crippen molar-refractivity contribution in [3.8, 4) is 0 Å². The number of carbonyl (C=O) groups excluding carboxylic acids is 2. The second kappa shape index (κ2) is 8.10. The molecule has 2 N–H and O–H groups in total. The van der Waals surface area contributed by atoms with E-state index in [4.69, 9.17) is 4.74 Å². The van der Waals surface area contributed by atoms with Crippen LogP contribution in [0.3, 0.4) is 0 Å². The van der Waals surface area contributed by atoms with Gasteiger partial charge >= 0.3 is 11.9 Å². The summed E-state index contributed by atoms with van der Waals surface area (Å²) >= 11 is 1.32. The van der Waals surface area contributed by atoms with Gasteiger partial charge in [-0.05, 0) is 32.3 Å².